The van der Waals surface area contributed by atoms with Crippen molar-refractivity contribution in [2.24, 2.45) is 0 Å². The third kappa shape index (κ3) is 5.64. The van der Waals surface area contributed by atoms with Gasteiger partial charge in [0, 0.05) is 5.02 Å². The molecule has 0 saturated carbocycles. The highest BCUT2D eigenvalue weighted by atomic mass is 35.5. The molecule has 1 aromatic carbocycles. The van der Waals surface area contributed by atoms with Gasteiger partial charge in [0.1, 0.15) is 0 Å². The van der Waals surface area contributed by atoms with E-state index in [-0.39, 0.29) is 0 Å². The molecule has 2 rings (SSSR count). The average molecular weight is 201 g/mol. The van der Waals surface area contributed by atoms with E-state index in [0.29, 0.717) is 0 Å². The molecule has 0 aromatic heterocycles. The van der Waals surface area contributed by atoms with E-state index >= 15 is 0 Å². The molecule has 0 amide bonds. The molecule has 0 aliphatic carbocycles. The van der Waals surface area contributed by atoms with Crippen molar-refractivity contribution in [3.8, 4) is 0 Å². The third-order valence-electron chi connectivity index (χ3n) is 1.48. The van der Waals surface area contributed by atoms with Gasteiger partial charge in [0.15, 0.2) is 0 Å². The van der Waals surface area contributed by atoms with Gasteiger partial charge >= 0.3 is 0 Å². The van der Waals surface area contributed by atoms with Crippen molar-refractivity contribution in [1.82, 2.24) is 0 Å². The SMILES string of the molecule is C1COCCO1.Clc1ccccc1. The maximum absolute atomic E-state index is 5.54. The molecule has 1 fully saturated rings. The number of hydrogen-bond acceptors (Lipinski definition) is 2. The molecule has 72 valence electrons. The minimum absolute atomic E-state index is 0.778. The van der Waals surface area contributed by atoms with Crippen LogP contribution in [0.3, 0.4) is 0 Å². The van der Waals surface area contributed by atoms with Crippen molar-refractivity contribution in [1.29, 1.82) is 0 Å². The first-order valence-electron chi connectivity index (χ1n) is 4.25. The van der Waals surface area contributed by atoms with Crippen LogP contribution < -0.4 is 0 Å². The van der Waals surface area contributed by atoms with E-state index in [1.807, 2.05) is 30.3 Å². The van der Waals surface area contributed by atoms with Crippen LogP contribution >= 0.6 is 11.6 Å². The van der Waals surface area contributed by atoms with E-state index in [0.717, 1.165) is 31.5 Å². The number of rotatable bonds is 0. The van der Waals surface area contributed by atoms with Crippen LogP contribution in [0.5, 0.6) is 0 Å². The number of halogens is 1. The van der Waals surface area contributed by atoms with Crippen molar-refractivity contribution in [2.75, 3.05) is 26.4 Å². The van der Waals surface area contributed by atoms with Gasteiger partial charge in [-0.2, -0.15) is 0 Å². The lowest BCUT2D eigenvalue weighted by atomic mass is 10.4. The molecule has 1 heterocycles. The second-order valence-electron chi connectivity index (χ2n) is 2.52. The average Bonchev–Trinajstić information content (AvgIpc) is 2.22. The lowest BCUT2D eigenvalue weighted by Gasteiger charge is -2.09. The molecule has 0 unspecified atom stereocenters. The Bertz CT molecular complexity index is 198. The second kappa shape index (κ2) is 6.89. The Morgan fingerprint density at radius 2 is 1.31 bits per heavy atom. The van der Waals surface area contributed by atoms with Gasteiger partial charge in [0.05, 0.1) is 26.4 Å². The summed E-state index contributed by atoms with van der Waals surface area (Å²) < 4.78 is 9.89. The largest absolute Gasteiger partial charge is 0.377 e. The minimum Gasteiger partial charge on any atom is -0.377 e. The van der Waals surface area contributed by atoms with E-state index in [4.69, 9.17) is 21.1 Å². The molecule has 1 aliphatic rings. The van der Waals surface area contributed by atoms with Gasteiger partial charge < -0.3 is 9.47 Å². The smallest absolute Gasteiger partial charge is 0.0701 e. The topological polar surface area (TPSA) is 18.5 Å². The van der Waals surface area contributed by atoms with Gasteiger partial charge in [-0.05, 0) is 12.1 Å². The minimum atomic E-state index is 0.778. The summed E-state index contributed by atoms with van der Waals surface area (Å²) in [4.78, 5) is 0. The summed E-state index contributed by atoms with van der Waals surface area (Å²) in [5, 5.41) is 0.794. The highest BCUT2D eigenvalue weighted by molar-refractivity contribution is 6.30. The second-order valence-corrected chi connectivity index (χ2v) is 2.96. The highest BCUT2D eigenvalue weighted by Crippen LogP contribution is 2.03. The van der Waals surface area contributed by atoms with Crippen LogP contribution in [-0.2, 0) is 9.47 Å². The number of ether oxygens (including phenoxy) is 2. The maximum atomic E-state index is 5.54. The Labute approximate surface area is 83.4 Å². The van der Waals surface area contributed by atoms with E-state index in [1.54, 1.807) is 0 Å². The fraction of sp³-hybridized carbons (Fsp3) is 0.400. The van der Waals surface area contributed by atoms with Crippen LogP contribution in [-0.4, -0.2) is 26.4 Å². The number of hydrogen-bond donors (Lipinski definition) is 0. The van der Waals surface area contributed by atoms with Crippen molar-refractivity contribution in [2.45, 2.75) is 0 Å². The molecule has 0 bridgehead atoms. The summed E-state index contributed by atoms with van der Waals surface area (Å²) in [5.74, 6) is 0. The Balaban J connectivity index is 0.000000132. The fourth-order valence-electron chi connectivity index (χ4n) is 0.854. The Morgan fingerprint density at radius 1 is 0.846 bits per heavy atom. The number of benzene rings is 1. The molecule has 0 N–H and O–H groups in total. The summed E-state index contributed by atoms with van der Waals surface area (Å²) in [7, 11) is 0. The summed E-state index contributed by atoms with van der Waals surface area (Å²) in [6, 6.07) is 9.44. The normalized spacial score (nSPS) is 15.8. The van der Waals surface area contributed by atoms with E-state index in [9.17, 15) is 0 Å². The summed E-state index contributed by atoms with van der Waals surface area (Å²) >= 11 is 5.54. The molecule has 0 radical (unpaired) electrons. The highest BCUT2D eigenvalue weighted by Gasteiger charge is 1.94. The van der Waals surface area contributed by atoms with Crippen LogP contribution in [0.1, 0.15) is 0 Å². The Kier molecular flexibility index (Phi) is 5.57. The lowest BCUT2D eigenvalue weighted by Crippen LogP contribution is -2.16. The monoisotopic (exact) mass is 200 g/mol. The van der Waals surface area contributed by atoms with Gasteiger partial charge in [0.25, 0.3) is 0 Å². The first-order valence-corrected chi connectivity index (χ1v) is 4.63. The standard InChI is InChI=1S/C6H5Cl.C4H8O2/c7-6-4-2-1-3-5-6;1-2-6-4-3-5-1/h1-5H;1-4H2. The van der Waals surface area contributed by atoms with E-state index in [2.05, 4.69) is 0 Å². The summed E-state index contributed by atoms with van der Waals surface area (Å²) in [6.45, 7) is 3.11. The van der Waals surface area contributed by atoms with Crippen LogP contribution in [0.25, 0.3) is 0 Å². The van der Waals surface area contributed by atoms with E-state index in [1.165, 1.54) is 0 Å². The molecule has 1 aromatic rings. The van der Waals surface area contributed by atoms with Gasteiger partial charge in [-0.25, -0.2) is 0 Å². The fourth-order valence-corrected chi connectivity index (χ4v) is 1.000. The van der Waals surface area contributed by atoms with E-state index < -0.39 is 0 Å². The molecule has 1 aliphatic heterocycles. The predicted octanol–water partition coefficient (Wildman–Crippen LogP) is 2.37. The molecule has 0 spiro atoms. The van der Waals surface area contributed by atoms with Crippen molar-refractivity contribution in [3.63, 3.8) is 0 Å². The Morgan fingerprint density at radius 3 is 1.54 bits per heavy atom. The van der Waals surface area contributed by atoms with Crippen LogP contribution in [0.2, 0.25) is 5.02 Å². The summed E-state index contributed by atoms with van der Waals surface area (Å²) in [6.07, 6.45) is 0. The zero-order valence-electron chi connectivity index (χ0n) is 7.41. The molecule has 3 heteroatoms. The summed E-state index contributed by atoms with van der Waals surface area (Å²) in [5.41, 5.74) is 0. The zero-order chi connectivity index (χ0) is 9.36. The molecule has 0 atom stereocenters. The van der Waals surface area contributed by atoms with Crippen molar-refractivity contribution >= 4 is 11.6 Å². The van der Waals surface area contributed by atoms with Crippen LogP contribution in [0.15, 0.2) is 30.3 Å². The quantitative estimate of drug-likeness (QED) is 0.640. The zero-order valence-corrected chi connectivity index (χ0v) is 8.17. The molecular weight excluding hydrogens is 188 g/mol. The molecule has 1 saturated heterocycles. The van der Waals surface area contributed by atoms with Crippen LogP contribution in [0.4, 0.5) is 0 Å². The van der Waals surface area contributed by atoms with Gasteiger partial charge in [0.2, 0.25) is 0 Å². The molecular formula is C10H13ClO2. The first kappa shape index (κ1) is 10.5. The van der Waals surface area contributed by atoms with Crippen LogP contribution in [0, 0.1) is 0 Å². The van der Waals surface area contributed by atoms with Gasteiger partial charge in [-0.1, -0.05) is 29.8 Å². The van der Waals surface area contributed by atoms with Crippen molar-refractivity contribution < 1.29 is 9.47 Å². The Hall–Kier alpha value is -0.570. The predicted molar refractivity (Wildman–Crippen MR) is 53.1 cm³/mol. The van der Waals surface area contributed by atoms with Gasteiger partial charge in [-0.3, -0.25) is 0 Å². The molecule has 2 nitrogen and oxygen atoms in total. The maximum Gasteiger partial charge on any atom is 0.0701 e. The van der Waals surface area contributed by atoms with Gasteiger partial charge in [-0.15, -0.1) is 0 Å². The third-order valence-corrected chi connectivity index (χ3v) is 1.73. The molecule has 13 heavy (non-hydrogen) atoms. The lowest BCUT2D eigenvalue weighted by molar-refractivity contribution is -0.0334. The first-order chi connectivity index (χ1) is 6.39. The van der Waals surface area contributed by atoms with Crippen molar-refractivity contribution in [3.05, 3.63) is 35.4 Å².